The first-order chi connectivity index (χ1) is 14.2. The van der Waals surface area contributed by atoms with E-state index in [4.69, 9.17) is 14.1 Å². The lowest BCUT2D eigenvalue weighted by Gasteiger charge is -2.41. The van der Waals surface area contributed by atoms with Crippen molar-refractivity contribution in [2.24, 2.45) is 5.41 Å². The highest BCUT2D eigenvalue weighted by Gasteiger charge is 2.50. The van der Waals surface area contributed by atoms with Gasteiger partial charge < -0.3 is 29.4 Å². The Balaban J connectivity index is 2.26. The first kappa shape index (κ1) is 24.0. The molecule has 1 atom stereocenters. The minimum atomic E-state index is -2.88. The zero-order valence-corrected chi connectivity index (χ0v) is 19.7. The van der Waals surface area contributed by atoms with E-state index in [9.17, 15) is 15.3 Å². The molecule has 3 rings (SSSR count). The molecule has 3 N–H and O–H groups in total. The van der Waals surface area contributed by atoms with E-state index in [1.54, 1.807) is 14.0 Å². The predicted octanol–water partition coefficient (Wildman–Crippen LogP) is 3.15. The Morgan fingerprint density at radius 2 is 1.74 bits per heavy atom. The Labute approximate surface area is 185 Å². The molecule has 1 heterocycles. The average Bonchev–Trinajstić information content (AvgIpc) is 2.77. The molecule has 170 valence electrons. The van der Waals surface area contributed by atoms with E-state index >= 15 is 0 Å². The van der Waals surface area contributed by atoms with Crippen molar-refractivity contribution in [3.05, 3.63) is 35.9 Å². The van der Waals surface area contributed by atoms with Crippen LogP contribution in [0.4, 0.5) is 0 Å². The van der Waals surface area contributed by atoms with Gasteiger partial charge in [0.2, 0.25) is 0 Å². The van der Waals surface area contributed by atoms with Crippen LogP contribution >= 0.6 is 0 Å². The third-order valence-corrected chi connectivity index (χ3v) is 7.16. The molecular formula is C24H35BO6. The summed E-state index contributed by atoms with van der Waals surface area (Å²) >= 11 is 0. The van der Waals surface area contributed by atoms with Crippen molar-refractivity contribution in [3.63, 3.8) is 0 Å². The molecule has 31 heavy (non-hydrogen) atoms. The number of hydrogen-bond donors (Lipinski definition) is 3. The lowest BCUT2D eigenvalue weighted by molar-refractivity contribution is -0.349. The predicted molar refractivity (Wildman–Crippen MR) is 123 cm³/mol. The maximum Gasteiger partial charge on any atom is 0.328 e. The van der Waals surface area contributed by atoms with Crippen LogP contribution in [-0.2, 0) is 14.8 Å². The molecule has 0 aromatic heterocycles. The molecule has 1 aliphatic rings. The monoisotopic (exact) mass is 430 g/mol. The van der Waals surface area contributed by atoms with Gasteiger partial charge in [-0.3, -0.25) is 0 Å². The minimum absolute atomic E-state index is 0.119. The first-order valence-corrected chi connectivity index (χ1v) is 10.7. The van der Waals surface area contributed by atoms with Crippen molar-refractivity contribution < 1.29 is 29.4 Å². The number of aliphatic hydroxyl groups is 3. The zero-order chi connectivity index (χ0) is 23.2. The number of hydrogen-bond acceptors (Lipinski definition) is 6. The highest BCUT2D eigenvalue weighted by molar-refractivity contribution is 6.70. The molecule has 1 aliphatic heterocycles. The van der Waals surface area contributed by atoms with Gasteiger partial charge in [0.1, 0.15) is 5.75 Å². The zero-order valence-electron chi connectivity index (χ0n) is 19.7. The SMILES string of the molecule is COCOc1cc2c3c(cccc3c1)C(C)(C(O)(O)O)CCB2OC(C)(C)C(C)(C)C. The van der Waals surface area contributed by atoms with Gasteiger partial charge in [0.15, 0.2) is 6.79 Å². The highest BCUT2D eigenvalue weighted by Crippen LogP contribution is 2.44. The van der Waals surface area contributed by atoms with E-state index in [1.165, 1.54) is 0 Å². The molecule has 0 radical (unpaired) electrons. The summed E-state index contributed by atoms with van der Waals surface area (Å²) in [5, 5.41) is 32.8. The van der Waals surface area contributed by atoms with Crippen LogP contribution in [-0.4, -0.2) is 47.7 Å². The summed E-state index contributed by atoms with van der Waals surface area (Å²) in [6.07, 6.45) is 0.820. The van der Waals surface area contributed by atoms with Crippen LogP contribution in [0.1, 0.15) is 53.5 Å². The largest absolute Gasteiger partial charge is 0.468 e. The summed E-state index contributed by atoms with van der Waals surface area (Å²) < 4.78 is 17.5. The van der Waals surface area contributed by atoms with Gasteiger partial charge in [-0.15, -0.1) is 0 Å². The van der Waals surface area contributed by atoms with Crippen LogP contribution in [0.2, 0.25) is 6.32 Å². The molecular weight excluding hydrogens is 395 g/mol. The molecule has 2 aromatic carbocycles. The fourth-order valence-electron chi connectivity index (χ4n) is 4.07. The van der Waals surface area contributed by atoms with Gasteiger partial charge in [-0.25, -0.2) is 0 Å². The van der Waals surface area contributed by atoms with Crippen LogP contribution in [0, 0.1) is 5.41 Å². The minimum Gasteiger partial charge on any atom is -0.468 e. The lowest BCUT2D eigenvalue weighted by atomic mass is 9.55. The van der Waals surface area contributed by atoms with E-state index in [0.29, 0.717) is 24.1 Å². The Morgan fingerprint density at radius 1 is 1.06 bits per heavy atom. The van der Waals surface area contributed by atoms with Crippen molar-refractivity contribution in [1.29, 1.82) is 0 Å². The second-order valence-corrected chi connectivity index (χ2v) is 10.3. The normalized spacial score (nSPS) is 20.1. The van der Waals surface area contributed by atoms with E-state index < -0.39 is 17.0 Å². The molecule has 0 spiro atoms. The second kappa shape index (κ2) is 8.05. The molecule has 6 nitrogen and oxygen atoms in total. The standard InChI is InChI=1S/C24H35BO6/c1-21(2,3)22(4,5)31-25-12-11-23(6,24(26,27)28)18-10-8-9-16-13-17(30-15-29-7)14-19(25)20(16)18/h8-10,13-14,26-28H,11-12,15H2,1-7H3. The first-order valence-electron chi connectivity index (χ1n) is 10.7. The molecule has 0 saturated carbocycles. The molecule has 7 heteroatoms. The Bertz CT molecular complexity index is 943. The quantitative estimate of drug-likeness (QED) is 0.482. The summed E-state index contributed by atoms with van der Waals surface area (Å²) in [5.74, 6) is -2.23. The van der Waals surface area contributed by atoms with Gasteiger partial charge in [-0.2, -0.15) is 0 Å². The molecule has 0 amide bonds. The smallest absolute Gasteiger partial charge is 0.328 e. The number of ether oxygens (including phenoxy) is 2. The summed E-state index contributed by atoms with van der Waals surface area (Å²) in [6.45, 7) is 12.0. The fraction of sp³-hybridized carbons (Fsp3) is 0.583. The van der Waals surface area contributed by atoms with Gasteiger partial charge in [-0.1, -0.05) is 39.0 Å². The van der Waals surface area contributed by atoms with Crippen LogP contribution in [0.5, 0.6) is 5.75 Å². The van der Waals surface area contributed by atoms with Crippen LogP contribution in [0.25, 0.3) is 10.8 Å². The highest BCUT2D eigenvalue weighted by atomic mass is 16.7. The van der Waals surface area contributed by atoms with Gasteiger partial charge in [0.05, 0.1) is 11.0 Å². The molecule has 1 unspecified atom stereocenters. The molecule has 2 aromatic rings. The maximum absolute atomic E-state index is 10.4. The van der Waals surface area contributed by atoms with Gasteiger partial charge in [-0.05, 0) is 72.9 Å². The van der Waals surface area contributed by atoms with E-state index in [-0.39, 0.29) is 19.1 Å². The Morgan fingerprint density at radius 3 is 2.32 bits per heavy atom. The molecule has 0 fully saturated rings. The van der Waals surface area contributed by atoms with Crippen molar-refractivity contribution in [3.8, 4) is 5.75 Å². The average molecular weight is 430 g/mol. The summed E-state index contributed by atoms with van der Waals surface area (Å²) in [4.78, 5) is 0. The molecule has 0 aliphatic carbocycles. The summed E-state index contributed by atoms with van der Waals surface area (Å²) in [6, 6.07) is 9.48. The summed E-state index contributed by atoms with van der Waals surface area (Å²) in [5.41, 5.74) is -0.298. The third kappa shape index (κ3) is 4.34. The van der Waals surface area contributed by atoms with Crippen molar-refractivity contribution in [2.45, 2.75) is 71.3 Å². The van der Waals surface area contributed by atoms with Crippen LogP contribution in [0.15, 0.2) is 30.3 Å². The summed E-state index contributed by atoms with van der Waals surface area (Å²) in [7, 11) is 1.57. The van der Waals surface area contributed by atoms with Crippen molar-refractivity contribution in [1.82, 2.24) is 0 Å². The third-order valence-electron chi connectivity index (χ3n) is 7.16. The van der Waals surface area contributed by atoms with Gasteiger partial charge >= 0.3 is 6.92 Å². The topological polar surface area (TPSA) is 88.4 Å². The van der Waals surface area contributed by atoms with E-state index in [0.717, 1.165) is 16.2 Å². The lowest BCUT2D eigenvalue weighted by Crippen LogP contribution is -2.50. The Kier molecular flexibility index (Phi) is 6.24. The Hall–Kier alpha value is -1.64. The van der Waals surface area contributed by atoms with Crippen molar-refractivity contribution >= 4 is 23.2 Å². The second-order valence-electron chi connectivity index (χ2n) is 10.3. The van der Waals surface area contributed by atoms with E-state index in [1.807, 2.05) is 30.3 Å². The van der Waals surface area contributed by atoms with Crippen LogP contribution in [0.3, 0.4) is 0 Å². The number of rotatable bonds is 6. The number of methoxy groups -OCH3 is 1. The van der Waals surface area contributed by atoms with Gasteiger partial charge in [0.25, 0.3) is 5.97 Å². The van der Waals surface area contributed by atoms with Crippen LogP contribution < -0.4 is 10.2 Å². The van der Waals surface area contributed by atoms with Crippen molar-refractivity contribution in [2.75, 3.05) is 13.9 Å². The maximum atomic E-state index is 10.4. The number of benzene rings is 2. The van der Waals surface area contributed by atoms with Gasteiger partial charge in [0, 0.05) is 7.11 Å². The fourth-order valence-corrected chi connectivity index (χ4v) is 4.07. The molecule has 0 saturated heterocycles. The molecule has 0 bridgehead atoms. The van der Waals surface area contributed by atoms with E-state index in [2.05, 4.69) is 34.6 Å².